The summed E-state index contributed by atoms with van der Waals surface area (Å²) in [5, 5.41) is 14.7. The van der Waals surface area contributed by atoms with Crippen molar-refractivity contribution < 1.29 is 9.31 Å². The zero-order chi connectivity index (χ0) is 21.1. The average molecular weight is 474 g/mol. The molecule has 1 saturated heterocycles. The Morgan fingerprint density at radius 1 is 1.03 bits per heavy atom. The van der Waals surface area contributed by atoms with E-state index in [1.807, 2.05) is 9.80 Å². The Hall–Kier alpha value is -3.34. The smallest absolute Gasteiger partial charge is 0.353 e. The lowest BCUT2D eigenvalue weighted by Gasteiger charge is -2.36. The molecule has 0 saturated carbocycles. The Kier molecular flexibility index (Phi) is 5.70. The number of para-hydroxylation sites is 1. The first-order chi connectivity index (χ1) is 14.5. The van der Waals surface area contributed by atoms with Crippen molar-refractivity contribution >= 4 is 44.8 Å². The van der Waals surface area contributed by atoms with Crippen LogP contribution in [0.1, 0.15) is 0 Å². The largest absolute Gasteiger partial charge is 0.366 e. The molecule has 0 bridgehead atoms. The second-order valence-corrected chi connectivity index (χ2v) is 7.48. The molecule has 11 heteroatoms. The van der Waals surface area contributed by atoms with Crippen molar-refractivity contribution in [2.75, 3.05) is 41.3 Å². The first kappa shape index (κ1) is 20.0. The highest BCUT2D eigenvalue weighted by Gasteiger charge is 2.30. The topological polar surface area (TPSA) is 100 Å². The molecule has 30 heavy (non-hydrogen) atoms. The molecule has 0 amide bonds. The molecule has 154 valence electrons. The molecule has 0 unspecified atom stereocenters. The van der Waals surface area contributed by atoms with Gasteiger partial charge in [0.15, 0.2) is 0 Å². The lowest BCUT2D eigenvalue weighted by Crippen LogP contribution is -2.47. The van der Waals surface area contributed by atoms with Crippen LogP contribution in [0.25, 0.3) is 0 Å². The summed E-state index contributed by atoms with van der Waals surface area (Å²) >= 11 is 3.30. The van der Waals surface area contributed by atoms with E-state index in [4.69, 9.17) is 0 Å². The number of nitro groups is 1. The van der Waals surface area contributed by atoms with Gasteiger partial charge in [0.1, 0.15) is 18.0 Å². The normalized spacial score (nSPS) is 13.9. The maximum Gasteiger partial charge on any atom is 0.353 e. The molecule has 1 N–H and O–H groups in total. The number of halogens is 2. The van der Waals surface area contributed by atoms with E-state index < -0.39 is 4.92 Å². The number of nitrogens with one attached hydrogen (secondary N) is 1. The summed E-state index contributed by atoms with van der Waals surface area (Å²) in [5.41, 5.74) is 0.305. The van der Waals surface area contributed by atoms with Gasteiger partial charge in [-0.05, 0) is 40.2 Å². The van der Waals surface area contributed by atoms with Crippen LogP contribution in [0, 0.1) is 15.9 Å². The van der Waals surface area contributed by atoms with Crippen LogP contribution in [-0.2, 0) is 0 Å². The Morgan fingerprint density at radius 2 is 1.77 bits per heavy atom. The third kappa shape index (κ3) is 4.15. The minimum absolute atomic E-state index is 0.0661. The van der Waals surface area contributed by atoms with E-state index in [2.05, 4.69) is 36.2 Å². The number of nitrogens with zero attached hydrogens (tertiary/aromatic N) is 6. The molecule has 1 aromatic carbocycles. The number of piperazine rings is 1. The van der Waals surface area contributed by atoms with E-state index >= 15 is 0 Å². The van der Waals surface area contributed by atoms with Crippen molar-refractivity contribution in [2.24, 2.45) is 0 Å². The monoisotopic (exact) mass is 473 g/mol. The van der Waals surface area contributed by atoms with Crippen LogP contribution in [0.5, 0.6) is 0 Å². The third-order valence-corrected chi connectivity index (χ3v) is 5.20. The standard InChI is InChI=1S/C19H17BrFN7O2/c20-13-5-6-16(22-11-13)25-18-17(28(29)30)19(24-12-23-18)27-9-7-26(8-10-27)15-4-2-1-3-14(15)21/h1-6,11-12H,7-10H2,(H,22,23,24,25). The number of rotatable bonds is 5. The minimum Gasteiger partial charge on any atom is -0.366 e. The van der Waals surface area contributed by atoms with Gasteiger partial charge in [0.2, 0.25) is 11.6 Å². The highest BCUT2D eigenvalue weighted by atomic mass is 79.9. The molecule has 0 spiro atoms. The van der Waals surface area contributed by atoms with Crippen LogP contribution in [0.2, 0.25) is 0 Å². The summed E-state index contributed by atoms with van der Waals surface area (Å²) < 4.78 is 14.9. The van der Waals surface area contributed by atoms with Gasteiger partial charge in [-0.15, -0.1) is 0 Å². The highest BCUT2D eigenvalue weighted by molar-refractivity contribution is 9.10. The van der Waals surface area contributed by atoms with Gasteiger partial charge in [-0.25, -0.2) is 19.3 Å². The fourth-order valence-corrected chi connectivity index (χ4v) is 3.53. The first-order valence-electron chi connectivity index (χ1n) is 9.15. The van der Waals surface area contributed by atoms with Crippen molar-refractivity contribution in [3.8, 4) is 0 Å². The molecule has 1 aliphatic heterocycles. The second-order valence-electron chi connectivity index (χ2n) is 6.56. The van der Waals surface area contributed by atoms with Crippen molar-refractivity contribution in [3.63, 3.8) is 0 Å². The molecular formula is C19H17BrFN7O2. The maximum absolute atomic E-state index is 14.1. The minimum atomic E-state index is -0.500. The number of aromatic nitrogens is 3. The SMILES string of the molecule is O=[N+]([O-])c1c(Nc2ccc(Br)cn2)ncnc1N1CCN(c2ccccc2F)CC1. The van der Waals surface area contributed by atoms with Gasteiger partial charge in [-0.1, -0.05) is 12.1 Å². The number of hydrogen-bond donors (Lipinski definition) is 1. The predicted molar refractivity (Wildman–Crippen MR) is 115 cm³/mol. The van der Waals surface area contributed by atoms with E-state index in [0.29, 0.717) is 37.7 Å². The summed E-state index contributed by atoms with van der Waals surface area (Å²) in [7, 11) is 0. The molecule has 0 aliphatic carbocycles. The lowest BCUT2D eigenvalue weighted by molar-refractivity contribution is -0.383. The molecule has 4 rings (SSSR count). The van der Waals surface area contributed by atoms with Crippen LogP contribution in [0.4, 0.5) is 33.2 Å². The second kappa shape index (κ2) is 8.57. The van der Waals surface area contributed by atoms with E-state index in [0.717, 1.165) is 4.47 Å². The van der Waals surface area contributed by atoms with Crippen molar-refractivity contribution in [1.82, 2.24) is 15.0 Å². The number of anilines is 4. The van der Waals surface area contributed by atoms with Gasteiger partial charge in [0.25, 0.3) is 0 Å². The Morgan fingerprint density at radius 3 is 2.43 bits per heavy atom. The van der Waals surface area contributed by atoms with E-state index in [1.54, 1.807) is 36.5 Å². The van der Waals surface area contributed by atoms with E-state index in [9.17, 15) is 14.5 Å². The van der Waals surface area contributed by atoms with Gasteiger partial charge in [-0.3, -0.25) is 10.1 Å². The maximum atomic E-state index is 14.1. The molecule has 0 atom stereocenters. The Balaban J connectivity index is 1.56. The molecule has 1 fully saturated rings. The lowest BCUT2D eigenvalue weighted by atomic mass is 10.2. The van der Waals surface area contributed by atoms with Gasteiger partial charge in [-0.2, -0.15) is 0 Å². The van der Waals surface area contributed by atoms with Crippen molar-refractivity contribution in [3.05, 3.63) is 69.3 Å². The van der Waals surface area contributed by atoms with E-state index in [-0.39, 0.29) is 23.1 Å². The van der Waals surface area contributed by atoms with Gasteiger partial charge in [0.05, 0.1) is 10.6 Å². The van der Waals surface area contributed by atoms with Crippen LogP contribution in [0.3, 0.4) is 0 Å². The average Bonchev–Trinajstić information content (AvgIpc) is 2.75. The van der Waals surface area contributed by atoms with Crippen molar-refractivity contribution in [2.45, 2.75) is 0 Å². The Labute approximate surface area is 179 Å². The van der Waals surface area contributed by atoms with Crippen LogP contribution < -0.4 is 15.1 Å². The predicted octanol–water partition coefficient (Wildman–Crippen LogP) is 3.75. The molecule has 3 heterocycles. The fourth-order valence-electron chi connectivity index (χ4n) is 3.30. The number of hydrogen-bond acceptors (Lipinski definition) is 8. The zero-order valence-corrected chi connectivity index (χ0v) is 17.3. The van der Waals surface area contributed by atoms with Gasteiger partial charge < -0.3 is 15.1 Å². The van der Waals surface area contributed by atoms with Gasteiger partial charge in [0, 0.05) is 36.8 Å². The number of benzene rings is 1. The number of pyridine rings is 1. The first-order valence-corrected chi connectivity index (χ1v) is 9.94. The molecule has 1 aliphatic rings. The van der Waals surface area contributed by atoms with Crippen LogP contribution >= 0.6 is 15.9 Å². The molecule has 3 aromatic rings. The van der Waals surface area contributed by atoms with Crippen molar-refractivity contribution in [1.29, 1.82) is 0 Å². The summed E-state index contributed by atoms with van der Waals surface area (Å²) in [5.74, 6) is 0.432. The quantitative estimate of drug-likeness (QED) is 0.441. The van der Waals surface area contributed by atoms with E-state index in [1.165, 1.54) is 12.4 Å². The van der Waals surface area contributed by atoms with Gasteiger partial charge >= 0.3 is 5.69 Å². The molecule has 9 nitrogen and oxygen atoms in total. The summed E-state index contributed by atoms with van der Waals surface area (Å²) in [6.07, 6.45) is 2.87. The summed E-state index contributed by atoms with van der Waals surface area (Å²) in [6.45, 7) is 1.95. The molecular weight excluding hydrogens is 457 g/mol. The van der Waals surface area contributed by atoms with Crippen LogP contribution in [0.15, 0.2) is 53.4 Å². The van der Waals surface area contributed by atoms with Crippen LogP contribution in [-0.4, -0.2) is 46.1 Å². The summed E-state index contributed by atoms with van der Waals surface area (Å²) in [6, 6.07) is 10.0. The Bertz CT molecular complexity index is 1060. The summed E-state index contributed by atoms with van der Waals surface area (Å²) in [4.78, 5) is 27.5. The molecule has 0 radical (unpaired) electrons. The molecule has 2 aromatic heterocycles. The highest BCUT2D eigenvalue weighted by Crippen LogP contribution is 2.34. The zero-order valence-electron chi connectivity index (χ0n) is 15.7. The fraction of sp³-hybridized carbons (Fsp3) is 0.211. The third-order valence-electron chi connectivity index (χ3n) is 4.73.